The zero-order chi connectivity index (χ0) is 14.0. The highest BCUT2D eigenvalue weighted by Gasteiger charge is 2.28. The van der Waals surface area contributed by atoms with E-state index in [-0.39, 0.29) is 11.9 Å². The highest BCUT2D eigenvalue weighted by Crippen LogP contribution is 2.24. The summed E-state index contributed by atoms with van der Waals surface area (Å²) in [6, 6.07) is 5.88. The smallest absolute Gasteiger partial charge is 0.253 e. The minimum Gasteiger partial charge on any atom is -0.338 e. The number of benzene rings is 1. The summed E-state index contributed by atoms with van der Waals surface area (Å²) in [6.07, 6.45) is 1.91. The molecule has 0 radical (unpaired) electrons. The number of likely N-dealkylation sites (tertiary alicyclic amines) is 1. The Morgan fingerprint density at radius 1 is 1.37 bits per heavy atom. The van der Waals surface area contributed by atoms with Crippen molar-refractivity contribution >= 4 is 37.8 Å². The van der Waals surface area contributed by atoms with Crippen molar-refractivity contribution in [3.63, 3.8) is 0 Å². The molecule has 2 atom stereocenters. The summed E-state index contributed by atoms with van der Waals surface area (Å²) in [6.45, 7) is 3.65. The van der Waals surface area contributed by atoms with E-state index in [0.29, 0.717) is 11.5 Å². The quantitative estimate of drug-likeness (QED) is 0.842. The van der Waals surface area contributed by atoms with E-state index in [4.69, 9.17) is 5.73 Å². The van der Waals surface area contributed by atoms with Gasteiger partial charge in [-0.2, -0.15) is 0 Å². The lowest BCUT2D eigenvalue weighted by Crippen LogP contribution is -2.49. The number of amides is 1. The fourth-order valence-corrected chi connectivity index (χ4v) is 3.82. The van der Waals surface area contributed by atoms with Crippen molar-refractivity contribution in [2.24, 2.45) is 11.7 Å². The SMILES string of the molecule is CCC1CN(C(=O)c2cc(Br)cc(Br)c2)CCC1N. The minimum atomic E-state index is 0.0901. The van der Waals surface area contributed by atoms with Crippen LogP contribution in [-0.2, 0) is 0 Å². The molecule has 0 saturated carbocycles. The van der Waals surface area contributed by atoms with Crippen LogP contribution in [0.15, 0.2) is 27.1 Å². The van der Waals surface area contributed by atoms with Gasteiger partial charge in [0, 0.05) is 33.6 Å². The summed E-state index contributed by atoms with van der Waals surface area (Å²) in [5, 5.41) is 0. The van der Waals surface area contributed by atoms with Crippen molar-refractivity contribution in [2.45, 2.75) is 25.8 Å². The Kier molecular flexibility index (Phi) is 5.03. The number of rotatable bonds is 2. The van der Waals surface area contributed by atoms with Crippen molar-refractivity contribution in [2.75, 3.05) is 13.1 Å². The zero-order valence-electron chi connectivity index (χ0n) is 10.9. The number of halogens is 2. The molecule has 3 nitrogen and oxygen atoms in total. The Hall–Kier alpha value is -0.390. The molecule has 1 amide bonds. The van der Waals surface area contributed by atoms with Crippen LogP contribution < -0.4 is 5.73 Å². The number of piperidine rings is 1. The summed E-state index contributed by atoms with van der Waals surface area (Å²) in [5.74, 6) is 0.501. The van der Waals surface area contributed by atoms with Crippen LogP contribution in [0.5, 0.6) is 0 Å². The maximum absolute atomic E-state index is 12.5. The summed E-state index contributed by atoms with van der Waals surface area (Å²) in [7, 11) is 0. The second kappa shape index (κ2) is 6.37. The van der Waals surface area contributed by atoms with E-state index in [9.17, 15) is 4.79 Å². The maximum Gasteiger partial charge on any atom is 0.253 e. The molecule has 1 aliphatic rings. The molecule has 2 rings (SSSR count). The number of hydrogen-bond acceptors (Lipinski definition) is 2. The van der Waals surface area contributed by atoms with Crippen LogP contribution in [0.1, 0.15) is 30.1 Å². The van der Waals surface area contributed by atoms with Gasteiger partial charge in [0.25, 0.3) is 5.91 Å². The summed E-state index contributed by atoms with van der Waals surface area (Å²) >= 11 is 6.84. The average Bonchev–Trinajstić information content (AvgIpc) is 2.37. The molecule has 1 fully saturated rings. The van der Waals surface area contributed by atoms with Crippen LogP contribution in [0, 0.1) is 5.92 Å². The first-order valence-electron chi connectivity index (χ1n) is 6.52. The largest absolute Gasteiger partial charge is 0.338 e. The maximum atomic E-state index is 12.5. The van der Waals surface area contributed by atoms with Gasteiger partial charge in [-0.3, -0.25) is 4.79 Å². The number of nitrogens with zero attached hydrogens (tertiary/aromatic N) is 1. The molecule has 2 unspecified atom stereocenters. The Balaban J connectivity index is 2.15. The molecule has 1 heterocycles. The van der Waals surface area contributed by atoms with Crippen molar-refractivity contribution in [3.8, 4) is 0 Å². The molecule has 0 spiro atoms. The minimum absolute atomic E-state index is 0.0901. The molecule has 0 aliphatic carbocycles. The number of nitrogens with two attached hydrogens (primary N) is 1. The third kappa shape index (κ3) is 3.58. The van der Waals surface area contributed by atoms with E-state index in [1.165, 1.54) is 0 Å². The van der Waals surface area contributed by atoms with Gasteiger partial charge in [-0.15, -0.1) is 0 Å². The molecule has 1 aromatic rings. The number of hydrogen-bond donors (Lipinski definition) is 1. The number of carbonyl (C=O) groups is 1. The molecule has 0 bridgehead atoms. The monoisotopic (exact) mass is 388 g/mol. The predicted molar refractivity (Wildman–Crippen MR) is 84.1 cm³/mol. The average molecular weight is 390 g/mol. The van der Waals surface area contributed by atoms with E-state index in [1.54, 1.807) is 0 Å². The lowest BCUT2D eigenvalue weighted by atomic mass is 9.90. The van der Waals surface area contributed by atoms with Gasteiger partial charge in [-0.05, 0) is 30.5 Å². The molecular weight excluding hydrogens is 372 g/mol. The van der Waals surface area contributed by atoms with Crippen LogP contribution >= 0.6 is 31.9 Å². The van der Waals surface area contributed by atoms with Crippen molar-refractivity contribution in [1.29, 1.82) is 0 Å². The van der Waals surface area contributed by atoms with Gasteiger partial charge < -0.3 is 10.6 Å². The van der Waals surface area contributed by atoms with E-state index >= 15 is 0 Å². The second-order valence-electron chi connectivity index (χ2n) is 5.03. The Labute approximate surface area is 130 Å². The van der Waals surface area contributed by atoms with Crippen LogP contribution in [0.4, 0.5) is 0 Å². The van der Waals surface area contributed by atoms with Crippen LogP contribution in [-0.4, -0.2) is 29.9 Å². The lowest BCUT2D eigenvalue weighted by Gasteiger charge is -2.36. The fraction of sp³-hybridized carbons (Fsp3) is 0.500. The second-order valence-corrected chi connectivity index (χ2v) is 6.86. The molecule has 5 heteroatoms. The first-order valence-corrected chi connectivity index (χ1v) is 8.10. The molecule has 2 N–H and O–H groups in total. The van der Waals surface area contributed by atoms with Gasteiger partial charge in [0.1, 0.15) is 0 Å². The highest BCUT2D eigenvalue weighted by atomic mass is 79.9. The lowest BCUT2D eigenvalue weighted by molar-refractivity contribution is 0.0649. The van der Waals surface area contributed by atoms with Gasteiger partial charge >= 0.3 is 0 Å². The van der Waals surface area contributed by atoms with E-state index in [0.717, 1.165) is 34.9 Å². The fourth-order valence-electron chi connectivity index (χ4n) is 2.53. The van der Waals surface area contributed by atoms with Gasteiger partial charge in [-0.25, -0.2) is 0 Å². The molecule has 1 saturated heterocycles. The molecule has 1 aromatic carbocycles. The molecular formula is C14H18Br2N2O. The highest BCUT2D eigenvalue weighted by molar-refractivity contribution is 9.11. The van der Waals surface area contributed by atoms with E-state index in [1.807, 2.05) is 23.1 Å². The Morgan fingerprint density at radius 2 is 2.00 bits per heavy atom. The van der Waals surface area contributed by atoms with Gasteiger partial charge in [-0.1, -0.05) is 45.2 Å². The van der Waals surface area contributed by atoms with Crippen molar-refractivity contribution < 1.29 is 4.79 Å². The van der Waals surface area contributed by atoms with Gasteiger partial charge in [0.05, 0.1) is 0 Å². The third-order valence-corrected chi connectivity index (χ3v) is 4.63. The molecule has 1 aliphatic heterocycles. The third-order valence-electron chi connectivity index (χ3n) is 3.71. The van der Waals surface area contributed by atoms with E-state index in [2.05, 4.69) is 38.8 Å². The van der Waals surface area contributed by atoms with E-state index < -0.39 is 0 Å². The summed E-state index contributed by atoms with van der Waals surface area (Å²) in [4.78, 5) is 14.4. The topological polar surface area (TPSA) is 46.3 Å². The first-order chi connectivity index (χ1) is 9.01. The van der Waals surface area contributed by atoms with Crippen molar-refractivity contribution in [3.05, 3.63) is 32.7 Å². The van der Waals surface area contributed by atoms with Crippen LogP contribution in [0.25, 0.3) is 0 Å². The Bertz CT molecular complexity index is 458. The normalized spacial score (nSPS) is 23.5. The van der Waals surface area contributed by atoms with Gasteiger partial charge in [0.15, 0.2) is 0 Å². The van der Waals surface area contributed by atoms with Crippen LogP contribution in [0.3, 0.4) is 0 Å². The van der Waals surface area contributed by atoms with Gasteiger partial charge in [0.2, 0.25) is 0 Å². The summed E-state index contributed by atoms with van der Waals surface area (Å²) < 4.78 is 1.82. The number of carbonyl (C=O) groups excluding carboxylic acids is 1. The molecule has 0 aromatic heterocycles. The molecule has 104 valence electrons. The first kappa shape index (κ1) is 15.0. The zero-order valence-corrected chi connectivity index (χ0v) is 14.1. The Morgan fingerprint density at radius 3 is 2.58 bits per heavy atom. The predicted octanol–water partition coefficient (Wildman–Crippen LogP) is 3.41. The standard InChI is InChI=1S/C14H18Br2N2O/c1-2-9-8-18(4-3-13(9)17)14(19)10-5-11(15)7-12(16)6-10/h5-7,9,13H,2-4,8,17H2,1H3. The molecule has 19 heavy (non-hydrogen) atoms. The van der Waals surface area contributed by atoms with Crippen LogP contribution in [0.2, 0.25) is 0 Å². The van der Waals surface area contributed by atoms with Crippen molar-refractivity contribution in [1.82, 2.24) is 4.90 Å². The summed E-state index contributed by atoms with van der Waals surface area (Å²) in [5.41, 5.74) is 6.80.